The molecule has 0 N–H and O–H groups in total. The van der Waals surface area contributed by atoms with E-state index in [4.69, 9.17) is 0 Å². The van der Waals surface area contributed by atoms with E-state index in [1.54, 1.807) is 0 Å². The third kappa shape index (κ3) is 6.00. The maximum Gasteiger partial charge on any atom is 0.0640 e. The summed E-state index contributed by atoms with van der Waals surface area (Å²) in [7, 11) is 0. The molecule has 0 bridgehead atoms. The van der Waals surface area contributed by atoms with Crippen molar-refractivity contribution in [3.05, 3.63) is 212 Å². The third-order valence-electron chi connectivity index (χ3n) is 11.1. The molecule has 0 aliphatic heterocycles. The molecule has 3 heteroatoms. The number of hydrogen-bond donors (Lipinski definition) is 0. The fourth-order valence-electron chi connectivity index (χ4n) is 8.30. The molecule has 11 rings (SSSR count). The summed E-state index contributed by atoms with van der Waals surface area (Å²) in [5.41, 5.74) is 13.1. The minimum atomic E-state index is 1.11. The summed E-state index contributed by atoms with van der Waals surface area (Å²) in [6.07, 6.45) is 0. The molecule has 0 aliphatic carbocycles. The lowest BCUT2D eigenvalue weighted by Crippen LogP contribution is -2.10. The van der Waals surface area contributed by atoms with Crippen LogP contribution in [-0.2, 0) is 0 Å². The summed E-state index contributed by atoms with van der Waals surface area (Å²) < 4.78 is 5.21. The molecule has 0 aliphatic rings. The van der Waals surface area contributed by atoms with Gasteiger partial charge in [0.25, 0.3) is 0 Å². The molecule has 2 heterocycles. The van der Waals surface area contributed by atoms with E-state index in [9.17, 15) is 0 Å². The van der Waals surface area contributed by atoms with E-state index in [1.165, 1.54) is 90.5 Å². The largest absolute Gasteiger partial charge is 0.309 e. The zero-order valence-corrected chi connectivity index (χ0v) is 32.6. The van der Waals surface area contributed by atoms with Crippen molar-refractivity contribution in [1.29, 1.82) is 0 Å². The molecule has 0 saturated heterocycles. The van der Waals surface area contributed by atoms with Crippen molar-refractivity contribution in [2.24, 2.45) is 0 Å². The quantitative estimate of drug-likeness (QED) is 0.156. The predicted molar refractivity (Wildman–Crippen MR) is 249 cm³/mol. The Balaban J connectivity index is 1.07. The maximum absolute atomic E-state index is 2.45. The van der Waals surface area contributed by atoms with Crippen LogP contribution in [-0.4, -0.2) is 0 Å². The van der Waals surface area contributed by atoms with Gasteiger partial charge in [0.15, 0.2) is 0 Å². The van der Waals surface area contributed by atoms with Crippen LogP contribution in [0.2, 0.25) is 0 Å². The smallest absolute Gasteiger partial charge is 0.0640 e. The highest BCUT2D eigenvalue weighted by atomic mass is 32.1. The number of rotatable bonds is 7. The van der Waals surface area contributed by atoms with Crippen LogP contribution in [0.5, 0.6) is 0 Å². The van der Waals surface area contributed by atoms with Crippen molar-refractivity contribution in [2.75, 3.05) is 4.90 Å². The second-order valence-electron chi connectivity index (χ2n) is 14.5. The van der Waals surface area contributed by atoms with Crippen molar-refractivity contribution in [3.63, 3.8) is 0 Å². The highest BCUT2D eigenvalue weighted by Crippen LogP contribution is 2.47. The molecule has 0 unspecified atom stereocenters. The van der Waals surface area contributed by atoms with E-state index in [0.717, 1.165) is 11.4 Å². The Kier molecular flexibility index (Phi) is 8.28. The first-order valence-corrected chi connectivity index (χ1v) is 21.0. The van der Waals surface area contributed by atoms with Crippen LogP contribution in [0.1, 0.15) is 0 Å². The van der Waals surface area contributed by atoms with Gasteiger partial charge in [0.05, 0.1) is 10.4 Å². The highest BCUT2D eigenvalue weighted by Gasteiger charge is 2.20. The van der Waals surface area contributed by atoms with E-state index in [1.807, 2.05) is 22.7 Å². The summed E-state index contributed by atoms with van der Waals surface area (Å²) >= 11 is 3.74. The van der Waals surface area contributed by atoms with Crippen molar-refractivity contribution in [3.8, 4) is 44.5 Å². The van der Waals surface area contributed by atoms with Gasteiger partial charge in [-0.1, -0.05) is 164 Å². The fourth-order valence-corrected chi connectivity index (χ4v) is 10.6. The van der Waals surface area contributed by atoms with Crippen molar-refractivity contribution in [2.45, 2.75) is 0 Å². The molecule has 0 atom stereocenters. The van der Waals surface area contributed by atoms with Gasteiger partial charge in [-0.15, -0.1) is 22.7 Å². The number of benzene rings is 9. The van der Waals surface area contributed by atoms with Gasteiger partial charge in [0.1, 0.15) is 0 Å². The summed E-state index contributed by atoms with van der Waals surface area (Å²) in [6.45, 7) is 0. The Hall–Kier alpha value is -6.78. The van der Waals surface area contributed by atoms with Crippen molar-refractivity contribution < 1.29 is 0 Å². The molecule has 57 heavy (non-hydrogen) atoms. The van der Waals surface area contributed by atoms with Crippen LogP contribution >= 0.6 is 22.7 Å². The fraction of sp³-hybridized carbons (Fsp3) is 0. The first-order chi connectivity index (χ1) is 28.2. The molecular weight excluding hydrogens is 727 g/mol. The van der Waals surface area contributed by atoms with Gasteiger partial charge < -0.3 is 4.90 Å². The standard InChI is InChI=1S/C54H35NS2/c1-3-12-36(13-4-1)37-22-24-38(25-23-37)39-26-29-42(30-27-39)55(50-19-11-18-48-46-17-8-10-21-52(46)57-54(48)50)43-31-33-44(49(35-43)40-14-5-2-6-15-40)41-28-32-47-45-16-7-9-20-51(45)56-53(47)34-41/h1-35H. The zero-order valence-electron chi connectivity index (χ0n) is 31.0. The SMILES string of the molecule is c1ccc(-c2ccc(-c3ccc(N(c4ccc(-c5ccc6c(c5)sc5ccccc56)c(-c5ccccc5)c4)c4cccc5c4sc4ccccc45)cc3)cc2)cc1. The van der Waals surface area contributed by atoms with Gasteiger partial charge in [-0.3, -0.25) is 0 Å². The molecule has 0 spiro atoms. The number of nitrogens with zero attached hydrogens (tertiary/aromatic N) is 1. The normalized spacial score (nSPS) is 11.5. The lowest BCUT2D eigenvalue weighted by molar-refractivity contribution is 1.30. The summed E-state index contributed by atoms with van der Waals surface area (Å²) in [5.74, 6) is 0. The van der Waals surface area contributed by atoms with Crippen LogP contribution in [0, 0.1) is 0 Å². The number of thiophene rings is 2. The van der Waals surface area contributed by atoms with E-state index in [0.29, 0.717) is 0 Å². The lowest BCUT2D eigenvalue weighted by atomic mass is 9.93. The van der Waals surface area contributed by atoms with Gasteiger partial charge in [0, 0.05) is 47.0 Å². The second-order valence-corrected chi connectivity index (χ2v) is 16.6. The summed E-state index contributed by atoms with van der Waals surface area (Å²) in [6, 6.07) is 77.6. The first-order valence-electron chi connectivity index (χ1n) is 19.3. The first kappa shape index (κ1) is 33.5. The molecule has 0 amide bonds. The van der Waals surface area contributed by atoms with Gasteiger partial charge in [0.2, 0.25) is 0 Å². The third-order valence-corrected chi connectivity index (χ3v) is 13.5. The Bertz CT molecular complexity index is 3210. The minimum Gasteiger partial charge on any atom is -0.309 e. The number of anilines is 3. The molecule has 0 fully saturated rings. The van der Waals surface area contributed by atoms with Crippen LogP contribution in [0.25, 0.3) is 84.9 Å². The average molecular weight is 762 g/mol. The molecule has 2 aromatic heterocycles. The van der Waals surface area contributed by atoms with Gasteiger partial charge in [-0.2, -0.15) is 0 Å². The Morgan fingerprint density at radius 3 is 1.49 bits per heavy atom. The van der Waals surface area contributed by atoms with Crippen LogP contribution < -0.4 is 4.90 Å². The number of fused-ring (bicyclic) bond motifs is 6. The minimum absolute atomic E-state index is 1.11. The van der Waals surface area contributed by atoms with E-state index in [-0.39, 0.29) is 0 Å². The molecule has 1 nitrogen and oxygen atoms in total. The highest BCUT2D eigenvalue weighted by molar-refractivity contribution is 7.26. The van der Waals surface area contributed by atoms with Crippen LogP contribution in [0.3, 0.4) is 0 Å². The zero-order chi connectivity index (χ0) is 37.7. The topological polar surface area (TPSA) is 3.24 Å². The Morgan fingerprint density at radius 1 is 0.281 bits per heavy atom. The molecule has 268 valence electrons. The molecule has 0 radical (unpaired) electrons. The second kappa shape index (κ2) is 14.1. The molecule has 11 aromatic rings. The summed E-state index contributed by atoms with van der Waals surface area (Å²) in [5, 5.41) is 5.22. The molecular formula is C54H35NS2. The van der Waals surface area contributed by atoms with Crippen molar-refractivity contribution >= 4 is 80.1 Å². The predicted octanol–water partition coefficient (Wildman–Crippen LogP) is 16.6. The Morgan fingerprint density at radius 2 is 0.789 bits per heavy atom. The molecule has 0 saturated carbocycles. The lowest BCUT2D eigenvalue weighted by Gasteiger charge is -2.27. The van der Waals surface area contributed by atoms with Gasteiger partial charge >= 0.3 is 0 Å². The Labute approximate surface area is 340 Å². The van der Waals surface area contributed by atoms with Crippen LogP contribution in [0.15, 0.2) is 212 Å². The molecule has 9 aromatic carbocycles. The van der Waals surface area contributed by atoms with Crippen LogP contribution in [0.4, 0.5) is 17.1 Å². The van der Waals surface area contributed by atoms with Crippen molar-refractivity contribution in [1.82, 2.24) is 0 Å². The van der Waals surface area contributed by atoms with E-state index >= 15 is 0 Å². The van der Waals surface area contributed by atoms with E-state index < -0.39 is 0 Å². The monoisotopic (exact) mass is 761 g/mol. The number of hydrogen-bond acceptors (Lipinski definition) is 3. The maximum atomic E-state index is 2.45. The summed E-state index contributed by atoms with van der Waals surface area (Å²) in [4.78, 5) is 2.45. The van der Waals surface area contributed by atoms with Gasteiger partial charge in [-0.05, 0) is 93.0 Å². The van der Waals surface area contributed by atoms with E-state index in [2.05, 4.69) is 217 Å². The van der Waals surface area contributed by atoms with Gasteiger partial charge in [-0.25, -0.2) is 0 Å². The average Bonchev–Trinajstić information content (AvgIpc) is 3.86.